The van der Waals surface area contributed by atoms with E-state index < -0.39 is 10.0 Å². The normalized spacial score (nSPS) is 11.8. The number of nitrogens with zero attached hydrogens (tertiary/aromatic N) is 3. The largest absolute Gasteiger partial charge is 0.497 e. The average Bonchev–Trinajstić information content (AvgIpc) is 3.13. The molecule has 1 aromatic heterocycles. The van der Waals surface area contributed by atoms with Crippen molar-refractivity contribution in [3.05, 3.63) is 53.9 Å². The van der Waals surface area contributed by atoms with Crippen molar-refractivity contribution in [1.82, 2.24) is 19.2 Å². The lowest BCUT2D eigenvalue weighted by Gasteiger charge is -2.18. The van der Waals surface area contributed by atoms with Gasteiger partial charge in [-0.1, -0.05) is 26.0 Å². The Labute approximate surface area is 195 Å². The van der Waals surface area contributed by atoms with Crippen molar-refractivity contribution >= 4 is 27.0 Å². The van der Waals surface area contributed by atoms with Gasteiger partial charge < -0.3 is 14.6 Å². The number of sulfonamides is 1. The zero-order valence-corrected chi connectivity index (χ0v) is 20.5. The first-order chi connectivity index (χ1) is 15.8. The van der Waals surface area contributed by atoms with Crippen LogP contribution in [0.1, 0.15) is 31.7 Å². The van der Waals surface area contributed by atoms with Crippen molar-refractivity contribution in [2.75, 3.05) is 26.7 Å². The number of fused-ring (bicyclic) bond motifs is 1. The van der Waals surface area contributed by atoms with Gasteiger partial charge >= 0.3 is 0 Å². The van der Waals surface area contributed by atoms with Crippen LogP contribution in [0.4, 0.5) is 0 Å². The van der Waals surface area contributed by atoms with Crippen LogP contribution in [0, 0.1) is 0 Å². The van der Waals surface area contributed by atoms with Crippen LogP contribution in [-0.2, 0) is 34.7 Å². The highest BCUT2D eigenvalue weighted by atomic mass is 32.2. The number of benzene rings is 2. The van der Waals surface area contributed by atoms with Gasteiger partial charge in [-0.15, -0.1) is 0 Å². The Balaban J connectivity index is 1.60. The summed E-state index contributed by atoms with van der Waals surface area (Å²) in [5.41, 5.74) is 2.57. The Morgan fingerprint density at radius 3 is 2.42 bits per heavy atom. The number of rotatable bonds is 11. The molecular weight excluding hydrogens is 440 g/mol. The van der Waals surface area contributed by atoms with E-state index in [1.54, 1.807) is 25.3 Å². The number of ether oxygens (including phenoxy) is 1. The highest BCUT2D eigenvalue weighted by Gasteiger charge is 2.22. The quantitative estimate of drug-likeness (QED) is 0.463. The van der Waals surface area contributed by atoms with Crippen LogP contribution in [0.3, 0.4) is 0 Å². The van der Waals surface area contributed by atoms with Gasteiger partial charge in [-0.05, 0) is 42.3 Å². The number of carbonyl (C=O) groups excluding carboxylic acids is 1. The Morgan fingerprint density at radius 2 is 1.79 bits per heavy atom. The van der Waals surface area contributed by atoms with Crippen molar-refractivity contribution in [3.8, 4) is 5.75 Å². The van der Waals surface area contributed by atoms with Crippen LogP contribution in [0.2, 0.25) is 0 Å². The maximum Gasteiger partial charge on any atom is 0.243 e. The van der Waals surface area contributed by atoms with Crippen molar-refractivity contribution < 1.29 is 17.9 Å². The third-order valence-corrected chi connectivity index (χ3v) is 7.80. The summed E-state index contributed by atoms with van der Waals surface area (Å²) in [6.07, 6.45) is 1.52. The lowest BCUT2D eigenvalue weighted by atomic mass is 10.1. The summed E-state index contributed by atoms with van der Waals surface area (Å²) in [6.45, 7) is 5.02. The van der Waals surface area contributed by atoms with Crippen LogP contribution in [-0.4, -0.2) is 54.9 Å². The second-order valence-electron chi connectivity index (χ2n) is 7.77. The lowest BCUT2D eigenvalue weighted by molar-refractivity contribution is -0.121. The first-order valence-electron chi connectivity index (χ1n) is 11.1. The molecule has 0 atom stereocenters. The summed E-state index contributed by atoms with van der Waals surface area (Å²) in [6, 6.07) is 12.8. The molecule has 0 saturated carbocycles. The summed E-state index contributed by atoms with van der Waals surface area (Å²) >= 11 is 0. The fourth-order valence-electron chi connectivity index (χ4n) is 3.78. The molecule has 0 aliphatic carbocycles. The van der Waals surface area contributed by atoms with E-state index >= 15 is 0 Å². The number of hydrogen-bond donors (Lipinski definition) is 1. The molecule has 0 spiro atoms. The molecule has 3 aromatic rings. The van der Waals surface area contributed by atoms with E-state index in [1.165, 1.54) is 4.31 Å². The van der Waals surface area contributed by atoms with Gasteiger partial charge in [0.2, 0.25) is 15.9 Å². The number of hydrogen-bond acceptors (Lipinski definition) is 5. The Bertz CT molecular complexity index is 1200. The van der Waals surface area contributed by atoms with E-state index in [9.17, 15) is 13.2 Å². The Kier molecular flexibility index (Phi) is 8.10. The van der Waals surface area contributed by atoms with Crippen molar-refractivity contribution in [2.45, 2.75) is 38.0 Å². The molecule has 33 heavy (non-hydrogen) atoms. The lowest BCUT2D eigenvalue weighted by Crippen LogP contribution is -2.30. The van der Waals surface area contributed by atoms with E-state index in [2.05, 4.69) is 10.3 Å². The number of aromatic nitrogens is 2. The highest BCUT2D eigenvalue weighted by Crippen LogP contribution is 2.22. The second-order valence-corrected chi connectivity index (χ2v) is 9.71. The van der Waals surface area contributed by atoms with Crippen LogP contribution in [0.15, 0.2) is 47.4 Å². The van der Waals surface area contributed by atoms with E-state index in [1.807, 2.05) is 49.7 Å². The SMILES string of the molecule is CCN(CC)S(=O)(=O)c1ccc2c(c1)nc(CCC(=O)NCCc1ccc(OC)cc1)n2C. The first-order valence-corrected chi connectivity index (χ1v) is 12.6. The van der Waals surface area contributed by atoms with Gasteiger partial charge in [0.25, 0.3) is 0 Å². The van der Waals surface area contributed by atoms with E-state index in [0.29, 0.717) is 38.0 Å². The van der Waals surface area contributed by atoms with Crippen molar-refractivity contribution in [1.29, 1.82) is 0 Å². The van der Waals surface area contributed by atoms with Gasteiger partial charge in [-0.2, -0.15) is 4.31 Å². The fourth-order valence-corrected chi connectivity index (χ4v) is 5.26. The summed E-state index contributed by atoms with van der Waals surface area (Å²) < 4.78 is 34.1. The number of aryl methyl sites for hydroxylation is 2. The van der Waals surface area contributed by atoms with E-state index in [-0.39, 0.29) is 10.8 Å². The number of methoxy groups -OCH3 is 1. The monoisotopic (exact) mass is 472 g/mol. The summed E-state index contributed by atoms with van der Waals surface area (Å²) in [5.74, 6) is 1.51. The molecule has 2 aromatic carbocycles. The van der Waals surface area contributed by atoms with Crippen LogP contribution in [0.5, 0.6) is 5.75 Å². The molecule has 0 bridgehead atoms. The number of carbonyl (C=O) groups is 1. The fraction of sp³-hybridized carbons (Fsp3) is 0.417. The third-order valence-electron chi connectivity index (χ3n) is 5.76. The maximum absolute atomic E-state index is 12.8. The minimum absolute atomic E-state index is 0.0413. The Morgan fingerprint density at radius 1 is 1.09 bits per heavy atom. The molecule has 0 aliphatic heterocycles. The average molecular weight is 473 g/mol. The number of amides is 1. The molecule has 9 heteroatoms. The van der Waals surface area contributed by atoms with Gasteiger partial charge in [0, 0.05) is 39.5 Å². The van der Waals surface area contributed by atoms with E-state index in [4.69, 9.17) is 4.74 Å². The smallest absolute Gasteiger partial charge is 0.243 e. The number of nitrogens with one attached hydrogen (secondary N) is 1. The molecule has 1 amide bonds. The van der Waals surface area contributed by atoms with Crippen LogP contribution < -0.4 is 10.1 Å². The highest BCUT2D eigenvalue weighted by molar-refractivity contribution is 7.89. The third kappa shape index (κ3) is 5.72. The minimum atomic E-state index is -3.55. The summed E-state index contributed by atoms with van der Waals surface area (Å²) in [7, 11) is -0.0346. The summed E-state index contributed by atoms with van der Waals surface area (Å²) in [4.78, 5) is 17.1. The van der Waals surface area contributed by atoms with Crippen molar-refractivity contribution in [3.63, 3.8) is 0 Å². The van der Waals surface area contributed by atoms with Gasteiger partial charge in [-0.3, -0.25) is 4.79 Å². The molecular formula is C24H32N4O4S. The topological polar surface area (TPSA) is 93.5 Å². The van der Waals surface area contributed by atoms with Gasteiger partial charge in [0.05, 0.1) is 23.0 Å². The van der Waals surface area contributed by atoms with Gasteiger partial charge in [0.15, 0.2) is 0 Å². The predicted molar refractivity (Wildman–Crippen MR) is 129 cm³/mol. The minimum Gasteiger partial charge on any atom is -0.497 e. The molecule has 1 heterocycles. The standard InChI is InChI=1S/C24H32N4O4S/c1-5-28(6-2)33(30,31)20-11-12-22-21(17-20)26-23(27(22)3)13-14-24(29)25-16-15-18-7-9-19(32-4)10-8-18/h7-12,17H,5-6,13-16H2,1-4H3,(H,25,29). The first kappa shape index (κ1) is 24.7. The van der Waals surface area contributed by atoms with Crippen LogP contribution >= 0.6 is 0 Å². The summed E-state index contributed by atoms with van der Waals surface area (Å²) in [5, 5.41) is 2.95. The van der Waals surface area contributed by atoms with Crippen LogP contribution in [0.25, 0.3) is 11.0 Å². The maximum atomic E-state index is 12.8. The Hall–Kier alpha value is -2.91. The molecule has 0 saturated heterocycles. The van der Waals surface area contributed by atoms with Crippen molar-refractivity contribution in [2.24, 2.45) is 7.05 Å². The zero-order chi connectivity index (χ0) is 24.0. The molecule has 0 unspecified atom stereocenters. The number of imidazole rings is 1. The molecule has 0 radical (unpaired) electrons. The molecule has 0 fully saturated rings. The zero-order valence-electron chi connectivity index (χ0n) is 19.7. The predicted octanol–water partition coefficient (Wildman–Crippen LogP) is 2.90. The molecule has 0 aliphatic rings. The van der Waals surface area contributed by atoms with Gasteiger partial charge in [-0.25, -0.2) is 13.4 Å². The molecule has 1 N–H and O–H groups in total. The molecule has 178 valence electrons. The molecule has 3 rings (SSSR count). The van der Waals surface area contributed by atoms with Gasteiger partial charge in [0.1, 0.15) is 11.6 Å². The molecule has 8 nitrogen and oxygen atoms in total. The van der Waals surface area contributed by atoms with E-state index in [0.717, 1.165) is 29.1 Å². The second kappa shape index (κ2) is 10.8.